The van der Waals surface area contributed by atoms with Crippen LogP contribution in [0.25, 0.3) is 10.9 Å². The molecule has 0 saturated carbocycles. The molecule has 2 aromatic carbocycles. The largest absolute Gasteiger partial charge is 0.339 e. The number of anilines is 1. The van der Waals surface area contributed by atoms with Gasteiger partial charge in [0.15, 0.2) is 0 Å². The third-order valence-electron chi connectivity index (χ3n) is 4.94. The molecule has 1 N–H and O–H groups in total. The van der Waals surface area contributed by atoms with Crippen molar-refractivity contribution in [2.24, 2.45) is 0 Å². The summed E-state index contributed by atoms with van der Waals surface area (Å²) in [5.74, 6) is -0.483. The number of amides is 2. The molecule has 6 nitrogen and oxygen atoms in total. The van der Waals surface area contributed by atoms with Crippen LogP contribution in [0.5, 0.6) is 0 Å². The Morgan fingerprint density at radius 1 is 1.00 bits per heavy atom. The summed E-state index contributed by atoms with van der Waals surface area (Å²) < 4.78 is 1.40. The number of para-hydroxylation sites is 1. The third-order valence-corrected chi connectivity index (χ3v) is 4.94. The Morgan fingerprint density at radius 2 is 1.66 bits per heavy atom. The summed E-state index contributed by atoms with van der Waals surface area (Å²) in [7, 11) is 0. The molecule has 0 bridgehead atoms. The average Bonchev–Trinajstić information content (AvgIpc) is 2.72. The van der Waals surface area contributed by atoms with Crippen molar-refractivity contribution in [1.29, 1.82) is 0 Å². The molecule has 0 radical (unpaired) electrons. The van der Waals surface area contributed by atoms with Gasteiger partial charge in [0.05, 0.1) is 11.1 Å². The van der Waals surface area contributed by atoms with Crippen molar-refractivity contribution < 1.29 is 9.59 Å². The van der Waals surface area contributed by atoms with E-state index in [1.165, 1.54) is 10.6 Å². The smallest absolute Gasteiger partial charge is 0.254 e. The van der Waals surface area contributed by atoms with Crippen molar-refractivity contribution in [3.05, 3.63) is 76.1 Å². The van der Waals surface area contributed by atoms with Gasteiger partial charge < -0.3 is 10.2 Å². The number of hydrogen-bond acceptors (Lipinski definition) is 3. The zero-order valence-corrected chi connectivity index (χ0v) is 16.9. The van der Waals surface area contributed by atoms with Crippen LogP contribution < -0.4 is 10.9 Å². The SMILES string of the molecule is CCN(CC)C(=O)c1cc(=O)n(CC(=O)Nc2ccc(C)cc2)c2ccccc12. The monoisotopic (exact) mass is 391 g/mol. The molecule has 29 heavy (non-hydrogen) atoms. The molecule has 6 heteroatoms. The van der Waals surface area contributed by atoms with Crippen molar-refractivity contribution in [1.82, 2.24) is 9.47 Å². The number of pyridine rings is 1. The van der Waals surface area contributed by atoms with E-state index >= 15 is 0 Å². The highest BCUT2D eigenvalue weighted by atomic mass is 16.2. The summed E-state index contributed by atoms with van der Waals surface area (Å²) in [6.45, 7) is 6.77. The van der Waals surface area contributed by atoms with Crippen LogP contribution in [0.1, 0.15) is 29.8 Å². The summed E-state index contributed by atoms with van der Waals surface area (Å²) in [6.07, 6.45) is 0. The van der Waals surface area contributed by atoms with Gasteiger partial charge in [-0.25, -0.2) is 0 Å². The highest BCUT2D eigenvalue weighted by Crippen LogP contribution is 2.19. The first-order chi connectivity index (χ1) is 13.9. The normalized spacial score (nSPS) is 10.7. The van der Waals surface area contributed by atoms with Crippen LogP contribution in [0, 0.1) is 6.92 Å². The van der Waals surface area contributed by atoms with Gasteiger partial charge in [0, 0.05) is 30.2 Å². The Hall–Kier alpha value is -3.41. The molecule has 0 atom stereocenters. The number of carbonyl (C=O) groups excluding carboxylic acids is 2. The maximum absolute atomic E-state index is 12.9. The summed E-state index contributed by atoms with van der Waals surface area (Å²) in [6, 6.07) is 16.0. The van der Waals surface area contributed by atoms with Gasteiger partial charge >= 0.3 is 0 Å². The summed E-state index contributed by atoms with van der Waals surface area (Å²) >= 11 is 0. The molecule has 0 aliphatic heterocycles. The maximum atomic E-state index is 12.9. The number of aryl methyl sites for hydroxylation is 1. The summed E-state index contributed by atoms with van der Waals surface area (Å²) in [4.78, 5) is 39.9. The predicted octanol–water partition coefficient (Wildman–Crippen LogP) is 3.43. The zero-order valence-electron chi connectivity index (χ0n) is 16.9. The molecule has 3 rings (SSSR count). The second kappa shape index (κ2) is 8.73. The van der Waals surface area contributed by atoms with Crippen molar-refractivity contribution in [2.75, 3.05) is 18.4 Å². The number of nitrogens with one attached hydrogen (secondary N) is 1. The van der Waals surface area contributed by atoms with Gasteiger partial charge in [-0.3, -0.25) is 19.0 Å². The van der Waals surface area contributed by atoms with E-state index in [9.17, 15) is 14.4 Å². The number of hydrogen-bond donors (Lipinski definition) is 1. The Bertz CT molecular complexity index is 1100. The molecular formula is C23H25N3O3. The molecule has 0 fully saturated rings. The fourth-order valence-corrected chi connectivity index (χ4v) is 3.34. The van der Waals surface area contributed by atoms with Gasteiger partial charge in [0.1, 0.15) is 6.54 Å². The molecule has 0 aliphatic carbocycles. The molecule has 2 amide bonds. The lowest BCUT2D eigenvalue weighted by Crippen LogP contribution is -2.33. The van der Waals surface area contributed by atoms with Crippen LogP contribution in [-0.4, -0.2) is 34.4 Å². The molecule has 3 aromatic rings. The number of nitrogens with zero attached hydrogens (tertiary/aromatic N) is 2. The minimum atomic E-state index is -0.377. The van der Waals surface area contributed by atoms with E-state index in [4.69, 9.17) is 0 Å². The molecule has 150 valence electrons. The third kappa shape index (κ3) is 4.37. The molecular weight excluding hydrogens is 366 g/mol. The summed E-state index contributed by atoms with van der Waals surface area (Å²) in [5.41, 5.74) is 2.32. The van der Waals surface area contributed by atoms with Gasteiger partial charge in [-0.2, -0.15) is 0 Å². The molecule has 0 spiro atoms. The van der Waals surface area contributed by atoms with Crippen LogP contribution in [0.4, 0.5) is 5.69 Å². The Labute approximate surface area is 169 Å². The summed E-state index contributed by atoms with van der Waals surface area (Å²) in [5, 5.41) is 3.47. The van der Waals surface area contributed by atoms with E-state index in [-0.39, 0.29) is 23.9 Å². The minimum absolute atomic E-state index is 0.132. The van der Waals surface area contributed by atoms with Gasteiger partial charge in [-0.1, -0.05) is 35.9 Å². The first-order valence-corrected chi connectivity index (χ1v) is 9.73. The van der Waals surface area contributed by atoms with E-state index in [1.54, 1.807) is 23.1 Å². The highest BCUT2D eigenvalue weighted by Gasteiger charge is 2.19. The minimum Gasteiger partial charge on any atom is -0.339 e. The fraction of sp³-hybridized carbons (Fsp3) is 0.261. The fourth-order valence-electron chi connectivity index (χ4n) is 3.34. The van der Waals surface area contributed by atoms with Gasteiger partial charge in [0.2, 0.25) is 5.91 Å². The van der Waals surface area contributed by atoms with Gasteiger partial charge in [-0.15, -0.1) is 0 Å². The number of aromatic nitrogens is 1. The highest BCUT2D eigenvalue weighted by molar-refractivity contribution is 6.06. The number of rotatable bonds is 6. The lowest BCUT2D eigenvalue weighted by Gasteiger charge is -2.20. The molecule has 0 aliphatic rings. The lowest BCUT2D eigenvalue weighted by atomic mass is 10.1. The number of fused-ring (bicyclic) bond motifs is 1. The maximum Gasteiger partial charge on any atom is 0.254 e. The van der Waals surface area contributed by atoms with E-state index in [1.807, 2.05) is 51.1 Å². The van der Waals surface area contributed by atoms with Crippen molar-refractivity contribution >= 4 is 28.4 Å². The quantitative estimate of drug-likeness (QED) is 0.700. The predicted molar refractivity (Wildman–Crippen MR) is 115 cm³/mol. The number of carbonyl (C=O) groups is 2. The first-order valence-electron chi connectivity index (χ1n) is 9.73. The van der Waals surface area contributed by atoms with E-state index in [0.29, 0.717) is 35.2 Å². The van der Waals surface area contributed by atoms with Crippen LogP contribution in [-0.2, 0) is 11.3 Å². The average molecular weight is 391 g/mol. The van der Waals surface area contributed by atoms with E-state index in [0.717, 1.165) is 5.56 Å². The Kier molecular flexibility index (Phi) is 6.12. The Morgan fingerprint density at radius 3 is 2.31 bits per heavy atom. The second-order valence-corrected chi connectivity index (χ2v) is 6.89. The molecule has 1 aromatic heterocycles. The van der Waals surface area contributed by atoms with Crippen molar-refractivity contribution in [2.45, 2.75) is 27.3 Å². The topological polar surface area (TPSA) is 71.4 Å². The van der Waals surface area contributed by atoms with Gasteiger partial charge in [0.25, 0.3) is 11.5 Å². The Balaban J connectivity index is 1.97. The zero-order chi connectivity index (χ0) is 21.0. The standard InChI is InChI=1S/C23H25N3O3/c1-4-25(5-2)23(29)19-14-22(28)26(20-9-7-6-8-18(19)20)15-21(27)24-17-12-10-16(3)11-13-17/h6-14H,4-5,15H2,1-3H3,(H,24,27). The molecule has 0 saturated heterocycles. The molecule has 1 heterocycles. The van der Waals surface area contributed by atoms with E-state index in [2.05, 4.69) is 5.32 Å². The van der Waals surface area contributed by atoms with Crippen LogP contribution in [0.3, 0.4) is 0 Å². The molecule has 0 unspecified atom stereocenters. The first kappa shape index (κ1) is 20.3. The number of benzene rings is 2. The van der Waals surface area contributed by atoms with Crippen LogP contribution >= 0.6 is 0 Å². The van der Waals surface area contributed by atoms with E-state index < -0.39 is 0 Å². The second-order valence-electron chi connectivity index (χ2n) is 6.89. The van der Waals surface area contributed by atoms with Crippen molar-refractivity contribution in [3.63, 3.8) is 0 Å². The van der Waals surface area contributed by atoms with Crippen LogP contribution in [0.15, 0.2) is 59.4 Å². The van der Waals surface area contributed by atoms with Gasteiger partial charge in [-0.05, 0) is 39.0 Å². The van der Waals surface area contributed by atoms with Crippen LogP contribution in [0.2, 0.25) is 0 Å². The van der Waals surface area contributed by atoms with Crippen molar-refractivity contribution in [3.8, 4) is 0 Å². The lowest BCUT2D eigenvalue weighted by molar-refractivity contribution is -0.116.